The summed E-state index contributed by atoms with van der Waals surface area (Å²) in [6.45, 7) is 0. The summed E-state index contributed by atoms with van der Waals surface area (Å²) in [7, 11) is 1.68. The molecule has 0 spiro atoms. The number of aromatic nitrogens is 4. The summed E-state index contributed by atoms with van der Waals surface area (Å²) in [5.74, 6) is 2.83. The lowest BCUT2D eigenvalue weighted by Crippen LogP contribution is -2.26. The van der Waals surface area contributed by atoms with E-state index in [1.807, 2.05) is 60.8 Å². The molecule has 0 bridgehead atoms. The molecule has 1 saturated carbocycles. The molecule has 9 heteroatoms. The van der Waals surface area contributed by atoms with Crippen molar-refractivity contribution < 1.29 is 4.74 Å². The quantitative estimate of drug-likeness (QED) is 0.281. The van der Waals surface area contributed by atoms with E-state index in [1.165, 1.54) is 5.69 Å². The molecular formula is C27H30Cl3N5O. The second-order valence-electron chi connectivity index (χ2n) is 8.35. The van der Waals surface area contributed by atoms with Crippen LogP contribution in [0.15, 0.2) is 67.0 Å². The van der Waals surface area contributed by atoms with Gasteiger partial charge in [-0.3, -0.25) is 9.97 Å². The minimum atomic E-state index is 0. The van der Waals surface area contributed by atoms with Gasteiger partial charge in [-0.05, 0) is 80.3 Å². The summed E-state index contributed by atoms with van der Waals surface area (Å²) in [6.07, 6.45) is 11.9. The molecule has 3 heterocycles. The molecule has 1 aromatic carbocycles. The molecule has 0 unspecified atom stereocenters. The molecule has 190 valence electrons. The Bertz CT molecular complexity index is 1250. The maximum absolute atomic E-state index is 5.45. The molecule has 36 heavy (non-hydrogen) atoms. The third kappa shape index (κ3) is 7.06. The largest absolute Gasteiger partial charge is 0.497 e. The summed E-state index contributed by atoms with van der Waals surface area (Å²) >= 11 is 0. The van der Waals surface area contributed by atoms with Crippen LogP contribution in [0.4, 0.5) is 5.82 Å². The van der Waals surface area contributed by atoms with Crippen molar-refractivity contribution in [1.29, 1.82) is 0 Å². The summed E-state index contributed by atoms with van der Waals surface area (Å²) < 4.78 is 5.45. The zero-order valence-electron chi connectivity index (χ0n) is 19.9. The summed E-state index contributed by atoms with van der Waals surface area (Å²) in [5, 5.41) is 4.68. The van der Waals surface area contributed by atoms with Crippen molar-refractivity contribution in [2.24, 2.45) is 0 Å². The number of fused-ring (bicyclic) bond motifs is 1. The van der Waals surface area contributed by atoms with E-state index in [0.29, 0.717) is 17.8 Å². The van der Waals surface area contributed by atoms with Gasteiger partial charge in [-0.15, -0.1) is 37.2 Å². The number of nitrogens with zero attached hydrogens (tertiary/aromatic N) is 4. The fourth-order valence-electron chi connectivity index (χ4n) is 4.42. The molecule has 3 aromatic heterocycles. The van der Waals surface area contributed by atoms with Crippen LogP contribution in [0, 0.1) is 0 Å². The van der Waals surface area contributed by atoms with Gasteiger partial charge in [0.15, 0.2) is 5.82 Å². The summed E-state index contributed by atoms with van der Waals surface area (Å²) in [6, 6.07) is 18.3. The van der Waals surface area contributed by atoms with Crippen LogP contribution in [0.2, 0.25) is 0 Å². The second-order valence-corrected chi connectivity index (χ2v) is 8.35. The van der Waals surface area contributed by atoms with Crippen molar-refractivity contribution >= 4 is 66.1 Å². The molecule has 1 aliphatic carbocycles. The van der Waals surface area contributed by atoms with E-state index < -0.39 is 0 Å². The third-order valence-corrected chi connectivity index (χ3v) is 6.19. The molecule has 1 N–H and O–H groups in total. The van der Waals surface area contributed by atoms with E-state index in [-0.39, 0.29) is 37.2 Å². The Morgan fingerprint density at radius 1 is 0.833 bits per heavy atom. The number of methoxy groups -OCH3 is 1. The predicted molar refractivity (Wildman–Crippen MR) is 154 cm³/mol. The van der Waals surface area contributed by atoms with Crippen molar-refractivity contribution in [3.8, 4) is 5.75 Å². The van der Waals surface area contributed by atoms with Crippen molar-refractivity contribution in [3.63, 3.8) is 0 Å². The van der Waals surface area contributed by atoms with Crippen LogP contribution in [0.5, 0.6) is 5.75 Å². The Balaban J connectivity index is 0.00000152. The molecule has 5 rings (SSSR count). The highest BCUT2D eigenvalue weighted by Crippen LogP contribution is 2.34. The van der Waals surface area contributed by atoms with Gasteiger partial charge in [-0.1, -0.05) is 12.1 Å². The Labute approximate surface area is 230 Å². The Morgan fingerprint density at radius 3 is 2.25 bits per heavy atom. The minimum Gasteiger partial charge on any atom is -0.497 e. The first-order valence-electron chi connectivity index (χ1n) is 11.4. The number of anilines is 1. The lowest BCUT2D eigenvalue weighted by Gasteiger charge is -2.29. The Hall–Kier alpha value is -2.93. The lowest BCUT2D eigenvalue weighted by atomic mass is 9.84. The van der Waals surface area contributed by atoms with E-state index in [1.54, 1.807) is 13.3 Å². The number of rotatable bonds is 6. The first-order valence-corrected chi connectivity index (χ1v) is 11.4. The van der Waals surface area contributed by atoms with Gasteiger partial charge in [0.25, 0.3) is 0 Å². The van der Waals surface area contributed by atoms with Gasteiger partial charge >= 0.3 is 0 Å². The maximum atomic E-state index is 5.45. The minimum absolute atomic E-state index is 0. The fourth-order valence-corrected chi connectivity index (χ4v) is 4.42. The molecule has 0 radical (unpaired) electrons. The normalized spacial score (nSPS) is 16.9. The van der Waals surface area contributed by atoms with Crippen LogP contribution in [-0.4, -0.2) is 33.1 Å². The fraction of sp³-hybridized carbons (Fsp3) is 0.259. The highest BCUT2D eigenvalue weighted by Gasteiger charge is 2.24. The Kier molecular flexibility index (Phi) is 11.4. The molecule has 4 aromatic rings. The van der Waals surface area contributed by atoms with Gasteiger partial charge in [-0.25, -0.2) is 9.97 Å². The lowest BCUT2D eigenvalue weighted by molar-refractivity contribution is 0.406. The van der Waals surface area contributed by atoms with Gasteiger partial charge in [0.2, 0.25) is 0 Å². The molecule has 0 aliphatic heterocycles. The van der Waals surface area contributed by atoms with Crippen molar-refractivity contribution in [1.82, 2.24) is 19.9 Å². The molecule has 6 nitrogen and oxygen atoms in total. The van der Waals surface area contributed by atoms with Gasteiger partial charge in [0.1, 0.15) is 11.6 Å². The SMILES string of the molecule is COc1ccc2nc(C=Cc3ccccn3)nc(NC3CCC(c4ccccn4)CC3)c2c1.Cl.Cl.Cl. The van der Waals surface area contributed by atoms with Gasteiger partial charge in [0.05, 0.1) is 18.3 Å². The first-order chi connectivity index (χ1) is 16.3. The summed E-state index contributed by atoms with van der Waals surface area (Å²) in [5.41, 5.74) is 2.96. The van der Waals surface area contributed by atoms with Crippen LogP contribution in [-0.2, 0) is 0 Å². The second kappa shape index (κ2) is 14.0. The zero-order chi connectivity index (χ0) is 22.5. The topological polar surface area (TPSA) is 72.8 Å². The van der Waals surface area contributed by atoms with E-state index in [9.17, 15) is 0 Å². The monoisotopic (exact) mass is 545 g/mol. The van der Waals surface area contributed by atoms with Crippen LogP contribution < -0.4 is 10.1 Å². The van der Waals surface area contributed by atoms with Crippen LogP contribution in [0.25, 0.3) is 23.1 Å². The molecule has 1 fully saturated rings. The zero-order valence-corrected chi connectivity index (χ0v) is 22.4. The van der Waals surface area contributed by atoms with Crippen molar-refractivity contribution in [2.75, 3.05) is 12.4 Å². The highest BCUT2D eigenvalue weighted by atomic mass is 35.5. The molecule has 0 saturated heterocycles. The van der Waals surface area contributed by atoms with E-state index in [4.69, 9.17) is 14.7 Å². The summed E-state index contributed by atoms with van der Waals surface area (Å²) in [4.78, 5) is 18.5. The average Bonchev–Trinajstić information content (AvgIpc) is 2.89. The molecule has 1 aliphatic rings. The van der Waals surface area contributed by atoms with Crippen LogP contribution in [0.3, 0.4) is 0 Å². The molecule has 0 amide bonds. The average molecular weight is 547 g/mol. The van der Waals surface area contributed by atoms with E-state index >= 15 is 0 Å². The van der Waals surface area contributed by atoms with E-state index in [0.717, 1.165) is 53.8 Å². The smallest absolute Gasteiger partial charge is 0.155 e. The van der Waals surface area contributed by atoms with Gasteiger partial charge in [-0.2, -0.15) is 0 Å². The van der Waals surface area contributed by atoms with Gasteiger partial charge < -0.3 is 10.1 Å². The number of benzene rings is 1. The predicted octanol–water partition coefficient (Wildman–Crippen LogP) is 7.00. The van der Waals surface area contributed by atoms with Crippen molar-refractivity contribution in [3.05, 3.63) is 84.2 Å². The van der Waals surface area contributed by atoms with Crippen molar-refractivity contribution in [2.45, 2.75) is 37.6 Å². The molecule has 0 atom stereocenters. The number of hydrogen-bond donors (Lipinski definition) is 1. The number of pyridine rings is 2. The number of hydrogen-bond acceptors (Lipinski definition) is 6. The third-order valence-electron chi connectivity index (χ3n) is 6.19. The maximum Gasteiger partial charge on any atom is 0.155 e. The van der Waals surface area contributed by atoms with Crippen LogP contribution in [0.1, 0.15) is 48.8 Å². The molecular weight excluding hydrogens is 517 g/mol. The number of nitrogens with one attached hydrogen (secondary N) is 1. The van der Waals surface area contributed by atoms with Gasteiger partial charge in [0, 0.05) is 35.4 Å². The standard InChI is InChI=1S/C27H27N5O.3ClH/c1-33-22-13-14-25-23(18-22)27(32-26(31-25)15-12-20-6-2-4-16-28-20)30-21-10-8-19(9-11-21)24-7-3-5-17-29-24;;;/h2-7,12-19,21H,8-11H2,1H3,(H,30,31,32);3*1H. The highest BCUT2D eigenvalue weighted by molar-refractivity contribution is 5.91. The van der Waals surface area contributed by atoms with E-state index in [2.05, 4.69) is 27.4 Å². The number of halogens is 3. The van der Waals surface area contributed by atoms with Crippen LogP contribution >= 0.6 is 37.2 Å². The number of ether oxygens (including phenoxy) is 1. The Morgan fingerprint density at radius 2 is 1.58 bits per heavy atom. The first kappa shape index (κ1) is 29.3.